The van der Waals surface area contributed by atoms with Crippen LogP contribution in [-0.4, -0.2) is 22.8 Å². The maximum Gasteiger partial charge on any atom is 0.0740 e. The van der Waals surface area contributed by atoms with Gasteiger partial charge in [0, 0.05) is 11.1 Å². The van der Waals surface area contributed by atoms with Crippen LogP contribution in [0, 0.1) is 0 Å². The minimum atomic E-state index is 0.813. The van der Waals surface area contributed by atoms with Gasteiger partial charge in [0.15, 0.2) is 0 Å². The Bertz CT molecular complexity index is 511. The van der Waals surface area contributed by atoms with E-state index in [1.165, 1.54) is 12.4 Å². The monoisotopic (exact) mass is 214 g/mol. The van der Waals surface area contributed by atoms with Crippen molar-refractivity contribution in [2.75, 3.05) is 0 Å². The molecule has 4 heteroatoms. The Kier molecular flexibility index (Phi) is 2.82. The maximum absolute atomic E-state index is 8.55. The van der Waals surface area contributed by atoms with Crippen molar-refractivity contribution in [1.82, 2.24) is 0 Å². The molecule has 0 aromatic heterocycles. The van der Waals surface area contributed by atoms with Crippen LogP contribution in [0.4, 0.5) is 0 Å². The Morgan fingerprint density at radius 1 is 0.750 bits per heavy atom. The SMILES string of the molecule is ON=Cc1ccc(C=NO)c2ccccc12. The normalized spacial score (nSPS) is 11.8. The lowest BCUT2D eigenvalue weighted by atomic mass is 10.0. The molecule has 0 amide bonds. The van der Waals surface area contributed by atoms with Crippen LogP contribution < -0.4 is 0 Å². The van der Waals surface area contributed by atoms with Gasteiger partial charge < -0.3 is 10.4 Å². The first kappa shape index (κ1) is 10.2. The third kappa shape index (κ3) is 1.72. The molecule has 0 aliphatic heterocycles. The van der Waals surface area contributed by atoms with E-state index in [0.29, 0.717) is 0 Å². The number of nitrogens with zero attached hydrogens (tertiary/aromatic N) is 2. The van der Waals surface area contributed by atoms with Crippen molar-refractivity contribution in [1.29, 1.82) is 0 Å². The van der Waals surface area contributed by atoms with E-state index in [1.807, 2.05) is 24.3 Å². The predicted octanol–water partition coefficient (Wildman–Crippen LogP) is 2.46. The van der Waals surface area contributed by atoms with Gasteiger partial charge in [-0.1, -0.05) is 46.7 Å². The summed E-state index contributed by atoms with van der Waals surface area (Å²) in [4.78, 5) is 0. The molecule has 0 fully saturated rings. The van der Waals surface area contributed by atoms with E-state index in [4.69, 9.17) is 10.4 Å². The third-order valence-electron chi connectivity index (χ3n) is 2.39. The molecule has 0 atom stereocenters. The number of rotatable bonds is 2. The van der Waals surface area contributed by atoms with E-state index < -0.39 is 0 Å². The van der Waals surface area contributed by atoms with Gasteiger partial charge in [0.2, 0.25) is 0 Å². The fraction of sp³-hybridized carbons (Fsp3) is 0. The van der Waals surface area contributed by atoms with E-state index in [-0.39, 0.29) is 0 Å². The highest BCUT2D eigenvalue weighted by Crippen LogP contribution is 2.20. The van der Waals surface area contributed by atoms with Crippen molar-refractivity contribution in [3.8, 4) is 0 Å². The van der Waals surface area contributed by atoms with Crippen LogP contribution in [-0.2, 0) is 0 Å². The van der Waals surface area contributed by atoms with Crippen molar-refractivity contribution in [3.05, 3.63) is 47.5 Å². The van der Waals surface area contributed by atoms with Crippen molar-refractivity contribution in [2.45, 2.75) is 0 Å². The summed E-state index contributed by atoms with van der Waals surface area (Å²) < 4.78 is 0. The summed E-state index contributed by atoms with van der Waals surface area (Å²) >= 11 is 0. The largest absolute Gasteiger partial charge is 0.411 e. The molecule has 0 bridgehead atoms. The molecule has 2 aromatic rings. The first-order valence-corrected chi connectivity index (χ1v) is 4.73. The lowest BCUT2D eigenvalue weighted by Crippen LogP contribution is -1.90. The number of oxime groups is 2. The lowest BCUT2D eigenvalue weighted by Gasteiger charge is -2.04. The Labute approximate surface area is 92.1 Å². The summed E-state index contributed by atoms with van der Waals surface area (Å²) in [5.74, 6) is 0. The summed E-state index contributed by atoms with van der Waals surface area (Å²) in [5, 5.41) is 25.0. The summed E-state index contributed by atoms with van der Waals surface area (Å²) in [6.45, 7) is 0. The predicted molar refractivity (Wildman–Crippen MR) is 62.7 cm³/mol. The van der Waals surface area contributed by atoms with E-state index in [9.17, 15) is 0 Å². The maximum atomic E-state index is 8.55. The minimum Gasteiger partial charge on any atom is -0.411 e. The molecule has 80 valence electrons. The smallest absolute Gasteiger partial charge is 0.0740 e. The lowest BCUT2D eigenvalue weighted by molar-refractivity contribution is 0.321. The number of fused-ring (bicyclic) bond motifs is 1. The highest BCUT2D eigenvalue weighted by atomic mass is 16.4. The Morgan fingerprint density at radius 2 is 1.19 bits per heavy atom. The second-order valence-corrected chi connectivity index (χ2v) is 3.28. The Hall–Kier alpha value is -2.36. The van der Waals surface area contributed by atoms with Gasteiger partial charge in [0.1, 0.15) is 0 Å². The van der Waals surface area contributed by atoms with Crippen LogP contribution in [0.3, 0.4) is 0 Å². The van der Waals surface area contributed by atoms with Gasteiger partial charge in [-0.2, -0.15) is 0 Å². The standard InChI is InChI=1S/C12H10N2O2/c15-13-7-9-5-6-10(8-14-16)12-4-2-1-3-11(9)12/h1-8,15-16H. The van der Waals surface area contributed by atoms with Crippen LogP contribution in [0.15, 0.2) is 46.7 Å². The first-order chi connectivity index (χ1) is 7.86. The van der Waals surface area contributed by atoms with Crippen molar-refractivity contribution < 1.29 is 10.4 Å². The molecule has 16 heavy (non-hydrogen) atoms. The molecule has 0 spiro atoms. The summed E-state index contributed by atoms with van der Waals surface area (Å²) in [5.41, 5.74) is 1.63. The molecule has 2 N–H and O–H groups in total. The molecule has 2 aromatic carbocycles. The molecular weight excluding hydrogens is 204 g/mol. The number of benzene rings is 2. The minimum absolute atomic E-state index is 0.813. The Balaban J connectivity index is 2.76. The molecule has 0 radical (unpaired) electrons. The molecule has 4 nitrogen and oxygen atoms in total. The molecule has 0 aliphatic rings. The van der Waals surface area contributed by atoms with Gasteiger partial charge in [0.25, 0.3) is 0 Å². The van der Waals surface area contributed by atoms with Gasteiger partial charge in [-0.15, -0.1) is 0 Å². The molecule has 0 heterocycles. The van der Waals surface area contributed by atoms with Gasteiger partial charge in [-0.3, -0.25) is 0 Å². The van der Waals surface area contributed by atoms with Crippen LogP contribution >= 0.6 is 0 Å². The Morgan fingerprint density at radius 3 is 1.56 bits per heavy atom. The van der Waals surface area contributed by atoms with Crippen LogP contribution in [0.2, 0.25) is 0 Å². The zero-order valence-electron chi connectivity index (χ0n) is 8.41. The topological polar surface area (TPSA) is 65.2 Å². The van der Waals surface area contributed by atoms with Gasteiger partial charge in [-0.05, 0) is 10.8 Å². The molecule has 0 saturated carbocycles. The number of hydrogen-bond acceptors (Lipinski definition) is 4. The van der Waals surface area contributed by atoms with Crippen molar-refractivity contribution in [2.24, 2.45) is 10.3 Å². The summed E-state index contributed by atoms with van der Waals surface area (Å²) in [6, 6.07) is 11.2. The van der Waals surface area contributed by atoms with E-state index in [1.54, 1.807) is 12.1 Å². The second kappa shape index (κ2) is 4.44. The molecule has 0 saturated heterocycles. The van der Waals surface area contributed by atoms with Crippen molar-refractivity contribution in [3.63, 3.8) is 0 Å². The van der Waals surface area contributed by atoms with E-state index in [2.05, 4.69) is 10.3 Å². The van der Waals surface area contributed by atoms with E-state index in [0.717, 1.165) is 21.9 Å². The third-order valence-corrected chi connectivity index (χ3v) is 2.39. The molecular formula is C12H10N2O2. The quantitative estimate of drug-likeness (QED) is 0.458. The van der Waals surface area contributed by atoms with Gasteiger partial charge in [-0.25, -0.2) is 0 Å². The molecule has 0 aliphatic carbocycles. The van der Waals surface area contributed by atoms with Crippen molar-refractivity contribution >= 4 is 23.2 Å². The highest BCUT2D eigenvalue weighted by Gasteiger charge is 2.02. The zero-order valence-corrected chi connectivity index (χ0v) is 8.41. The zero-order chi connectivity index (χ0) is 11.4. The molecule has 2 rings (SSSR count). The highest BCUT2D eigenvalue weighted by molar-refractivity contribution is 6.06. The van der Waals surface area contributed by atoms with Crippen LogP contribution in [0.1, 0.15) is 11.1 Å². The fourth-order valence-corrected chi connectivity index (χ4v) is 1.70. The summed E-state index contributed by atoms with van der Waals surface area (Å²) in [6.07, 6.45) is 2.75. The van der Waals surface area contributed by atoms with Crippen LogP contribution in [0.25, 0.3) is 10.8 Å². The summed E-state index contributed by atoms with van der Waals surface area (Å²) in [7, 11) is 0. The van der Waals surface area contributed by atoms with Gasteiger partial charge >= 0.3 is 0 Å². The fourth-order valence-electron chi connectivity index (χ4n) is 1.70. The average molecular weight is 214 g/mol. The second-order valence-electron chi connectivity index (χ2n) is 3.28. The van der Waals surface area contributed by atoms with Crippen LogP contribution in [0.5, 0.6) is 0 Å². The average Bonchev–Trinajstić information content (AvgIpc) is 2.33. The first-order valence-electron chi connectivity index (χ1n) is 4.73. The van der Waals surface area contributed by atoms with E-state index >= 15 is 0 Å². The number of hydrogen-bond donors (Lipinski definition) is 2. The van der Waals surface area contributed by atoms with Gasteiger partial charge in [0.05, 0.1) is 12.4 Å². The molecule has 0 unspecified atom stereocenters.